The second-order valence-electron chi connectivity index (χ2n) is 2.52. The lowest BCUT2D eigenvalue weighted by molar-refractivity contribution is 0.296. The highest BCUT2D eigenvalue weighted by Gasteiger charge is 2.15. The molecule has 0 bridgehead atoms. The molecule has 1 saturated heterocycles. The summed E-state index contributed by atoms with van der Waals surface area (Å²) in [5.74, 6) is 0.209. The molecule has 2 heteroatoms. The summed E-state index contributed by atoms with van der Waals surface area (Å²) < 4.78 is 0. The van der Waals surface area contributed by atoms with Crippen LogP contribution in [0, 0.1) is 23.7 Å². The van der Waals surface area contributed by atoms with Gasteiger partial charge in [-0.2, -0.15) is 5.26 Å². The van der Waals surface area contributed by atoms with Gasteiger partial charge in [-0.3, -0.25) is 0 Å². The molecule has 1 rings (SSSR count). The minimum absolute atomic E-state index is 0.209. The molecule has 1 aliphatic rings. The van der Waals surface area contributed by atoms with Crippen molar-refractivity contribution in [1.29, 1.82) is 5.26 Å². The molecule has 1 radical (unpaired) electrons. The third-order valence-corrected chi connectivity index (χ3v) is 1.69. The van der Waals surface area contributed by atoms with E-state index in [0.29, 0.717) is 0 Å². The van der Waals surface area contributed by atoms with Gasteiger partial charge in [0.1, 0.15) is 0 Å². The highest BCUT2D eigenvalue weighted by Crippen LogP contribution is 2.12. The summed E-state index contributed by atoms with van der Waals surface area (Å²) in [5.41, 5.74) is 0. The minimum atomic E-state index is 0.209. The van der Waals surface area contributed by atoms with E-state index in [9.17, 15) is 0 Å². The summed E-state index contributed by atoms with van der Waals surface area (Å²) in [7, 11) is 2.07. The van der Waals surface area contributed by atoms with Crippen LogP contribution < -0.4 is 0 Å². The van der Waals surface area contributed by atoms with E-state index >= 15 is 0 Å². The van der Waals surface area contributed by atoms with Crippen molar-refractivity contribution in [3.05, 3.63) is 6.42 Å². The van der Waals surface area contributed by atoms with Crippen LogP contribution in [0.15, 0.2) is 0 Å². The predicted octanol–water partition coefficient (Wildman–Crippen LogP) is 0.666. The van der Waals surface area contributed by atoms with Crippen molar-refractivity contribution in [2.75, 3.05) is 20.1 Å². The Labute approximate surface area is 56.1 Å². The third-order valence-electron chi connectivity index (χ3n) is 1.69. The van der Waals surface area contributed by atoms with Gasteiger partial charge in [-0.05, 0) is 26.4 Å². The van der Waals surface area contributed by atoms with Crippen molar-refractivity contribution in [1.82, 2.24) is 4.90 Å². The molecule has 0 aromatic carbocycles. The van der Waals surface area contributed by atoms with Crippen molar-refractivity contribution in [2.24, 2.45) is 5.92 Å². The van der Waals surface area contributed by atoms with Crippen molar-refractivity contribution in [3.8, 4) is 6.07 Å². The molecule has 1 aliphatic heterocycles. The van der Waals surface area contributed by atoms with Crippen LogP contribution >= 0.6 is 0 Å². The molecule has 0 spiro atoms. The van der Waals surface area contributed by atoms with Gasteiger partial charge in [0.2, 0.25) is 0 Å². The fourth-order valence-electron chi connectivity index (χ4n) is 0.993. The van der Waals surface area contributed by atoms with Gasteiger partial charge in [0.15, 0.2) is 0 Å². The molecule has 9 heavy (non-hydrogen) atoms. The molecular weight excluding hydrogens is 112 g/mol. The summed E-state index contributed by atoms with van der Waals surface area (Å²) in [6.07, 6.45) is 3.08. The Bertz CT molecular complexity index is 117. The van der Waals surface area contributed by atoms with Crippen LogP contribution in [0.5, 0.6) is 0 Å². The van der Waals surface area contributed by atoms with E-state index in [4.69, 9.17) is 5.26 Å². The van der Waals surface area contributed by atoms with E-state index in [1.807, 2.05) is 0 Å². The van der Waals surface area contributed by atoms with Crippen LogP contribution in [0.2, 0.25) is 0 Å². The van der Waals surface area contributed by atoms with E-state index in [2.05, 4.69) is 24.4 Å². The van der Waals surface area contributed by atoms with Gasteiger partial charge < -0.3 is 4.90 Å². The van der Waals surface area contributed by atoms with Crippen LogP contribution in [0.25, 0.3) is 0 Å². The standard InChI is InChI=1S/C7H11N2/c1-9-4-2-7(6-8)3-5-9/h2,7H,3-5H2,1H3. The van der Waals surface area contributed by atoms with Gasteiger partial charge in [-0.15, -0.1) is 0 Å². The third kappa shape index (κ3) is 1.69. The van der Waals surface area contributed by atoms with Crippen LogP contribution in [-0.2, 0) is 0 Å². The molecule has 0 N–H and O–H groups in total. The van der Waals surface area contributed by atoms with Crippen LogP contribution in [0.1, 0.15) is 6.42 Å². The number of nitrogens with zero attached hydrogens (tertiary/aromatic N) is 2. The fourth-order valence-corrected chi connectivity index (χ4v) is 0.993. The maximum atomic E-state index is 8.48. The average molecular weight is 123 g/mol. The fraction of sp³-hybridized carbons (Fsp3) is 0.714. The second kappa shape index (κ2) is 2.84. The Morgan fingerprint density at radius 3 is 3.00 bits per heavy atom. The lowest BCUT2D eigenvalue weighted by atomic mass is 9.99. The quantitative estimate of drug-likeness (QED) is 0.473. The minimum Gasteiger partial charge on any atom is -0.306 e. The second-order valence-corrected chi connectivity index (χ2v) is 2.52. The van der Waals surface area contributed by atoms with E-state index in [-0.39, 0.29) is 5.92 Å². The smallest absolute Gasteiger partial charge is 0.0659 e. The van der Waals surface area contributed by atoms with E-state index in [1.165, 1.54) is 0 Å². The van der Waals surface area contributed by atoms with Gasteiger partial charge in [-0.25, -0.2) is 0 Å². The predicted molar refractivity (Wildman–Crippen MR) is 35.5 cm³/mol. The summed E-state index contributed by atoms with van der Waals surface area (Å²) in [4.78, 5) is 2.22. The van der Waals surface area contributed by atoms with Gasteiger partial charge in [0, 0.05) is 6.54 Å². The maximum absolute atomic E-state index is 8.48. The molecule has 1 fully saturated rings. The number of likely N-dealkylation sites (tertiary alicyclic amines) is 1. The average Bonchev–Trinajstić information content (AvgIpc) is 1.90. The summed E-state index contributed by atoms with van der Waals surface area (Å²) in [5, 5.41) is 8.48. The van der Waals surface area contributed by atoms with Crippen molar-refractivity contribution in [3.63, 3.8) is 0 Å². The Kier molecular flexibility index (Phi) is 2.07. The first-order valence-corrected chi connectivity index (χ1v) is 3.24. The zero-order chi connectivity index (χ0) is 6.69. The van der Waals surface area contributed by atoms with E-state index < -0.39 is 0 Å². The SMILES string of the molecule is CN1C[CH]C(C#N)CC1. The van der Waals surface area contributed by atoms with Crippen molar-refractivity contribution >= 4 is 0 Å². The molecule has 1 unspecified atom stereocenters. The Morgan fingerprint density at radius 1 is 1.78 bits per heavy atom. The number of hydrogen-bond acceptors (Lipinski definition) is 2. The highest BCUT2D eigenvalue weighted by atomic mass is 15.1. The molecule has 0 aromatic heterocycles. The summed E-state index contributed by atoms with van der Waals surface area (Å²) in [6.45, 7) is 2.03. The molecular formula is C7H11N2. The molecule has 49 valence electrons. The largest absolute Gasteiger partial charge is 0.306 e. The van der Waals surface area contributed by atoms with Crippen molar-refractivity contribution < 1.29 is 0 Å². The van der Waals surface area contributed by atoms with Gasteiger partial charge in [-0.1, -0.05) is 0 Å². The molecule has 1 atom stereocenters. The van der Waals surface area contributed by atoms with Crippen LogP contribution in [0.3, 0.4) is 0 Å². The van der Waals surface area contributed by atoms with Crippen LogP contribution in [-0.4, -0.2) is 25.0 Å². The van der Waals surface area contributed by atoms with Crippen molar-refractivity contribution in [2.45, 2.75) is 6.42 Å². The highest BCUT2D eigenvalue weighted by molar-refractivity contribution is 4.97. The first-order chi connectivity index (χ1) is 4.33. The molecule has 0 amide bonds. The van der Waals surface area contributed by atoms with Crippen LogP contribution in [0.4, 0.5) is 0 Å². The van der Waals surface area contributed by atoms with E-state index in [0.717, 1.165) is 19.5 Å². The van der Waals surface area contributed by atoms with Gasteiger partial charge in [0.25, 0.3) is 0 Å². The molecule has 0 aromatic rings. The van der Waals surface area contributed by atoms with E-state index in [1.54, 1.807) is 0 Å². The summed E-state index contributed by atoms with van der Waals surface area (Å²) in [6, 6.07) is 2.24. The molecule has 0 aliphatic carbocycles. The molecule has 2 nitrogen and oxygen atoms in total. The Morgan fingerprint density at radius 2 is 2.56 bits per heavy atom. The lowest BCUT2D eigenvalue weighted by Gasteiger charge is -2.24. The first kappa shape index (κ1) is 6.57. The zero-order valence-electron chi connectivity index (χ0n) is 5.67. The monoisotopic (exact) mass is 123 g/mol. The topological polar surface area (TPSA) is 27.0 Å². The Hall–Kier alpha value is -0.550. The number of hydrogen-bond donors (Lipinski definition) is 0. The number of rotatable bonds is 0. The summed E-state index contributed by atoms with van der Waals surface area (Å²) >= 11 is 0. The molecule has 0 saturated carbocycles. The normalized spacial score (nSPS) is 23.6. The lowest BCUT2D eigenvalue weighted by Crippen LogP contribution is -2.30. The zero-order valence-corrected chi connectivity index (χ0v) is 5.67. The maximum Gasteiger partial charge on any atom is 0.0659 e. The number of nitriles is 1. The Balaban J connectivity index is 2.28. The first-order valence-electron chi connectivity index (χ1n) is 3.24. The molecule has 1 heterocycles. The number of piperidine rings is 1. The van der Waals surface area contributed by atoms with Gasteiger partial charge in [0.05, 0.1) is 12.0 Å². The van der Waals surface area contributed by atoms with Gasteiger partial charge >= 0.3 is 0 Å².